The Kier molecular flexibility index (Phi) is 3.80. The van der Waals surface area contributed by atoms with Crippen LogP contribution in [0.25, 0.3) is 0 Å². The summed E-state index contributed by atoms with van der Waals surface area (Å²) in [6, 6.07) is 9.14. The van der Waals surface area contributed by atoms with Gasteiger partial charge >= 0.3 is 0 Å². The van der Waals surface area contributed by atoms with E-state index >= 15 is 0 Å². The molecule has 0 spiro atoms. The van der Waals surface area contributed by atoms with Crippen LogP contribution < -0.4 is 4.31 Å². The number of hydrogen-bond acceptors (Lipinski definition) is 2. The average Bonchev–Trinajstić information content (AvgIpc) is 2.35. The standard InChI is InChI=1S/C13H10F2NO2S/c1-9-5-7-10(8-6-9)16(19(17)18)13-11(14)3-2-4-12(13)15/h2-8,19H,1H2. The first-order chi connectivity index (χ1) is 9.00. The van der Waals surface area contributed by atoms with E-state index in [0.717, 1.165) is 12.1 Å². The first kappa shape index (κ1) is 13.5. The normalized spacial score (nSPS) is 10.7. The van der Waals surface area contributed by atoms with Gasteiger partial charge in [0.2, 0.25) is 10.9 Å². The molecule has 0 fully saturated rings. The van der Waals surface area contributed by atoms with Crippen LogP contribution in [0.5, 0.6) is 0 Å². The van der Waals surface area contributed by atoms with Crippen LogP contribution in [-0.4, -0.2) is 8.42 Å². The number of halogens is 2. The van der Waals surface area contributed by atoms with Crippen LogP contribution in [-0.2, 0) is 10.9 Å². The summed E-state index contributed by atoms with van der Waals surface area (Å²) in [5.74, 6) is -1.89. The van der Waals surface area contributed by atoms with E-state index in [2.05, 4.69) is 6.92 Å². The van der Waals surface area contributed by atoms with E-state index in [9.17, 15) is 17.2 Å². The summed E-state index contributed by atoms with van der Waals surface area (Å²) in [5, 5.41) is 0. The van der Waals surface area contributed by atoms with Gasteiger partial charge in [0, 0.05) is 0 Å². The lowest BCUT2D eigenvalue weighted by Crippen LogP contribution is -2.17. The third-order valence-electron chi connectivity index (χ3n) is 2.49. The number of hydrogen-bond donors (Lipinski definition) is 1. The molecule has 0 unspecified atom stereocenters. The molecule has 99 valence electrons. The summed E-state index contributed by atoms with van der Waals surface area (Å²) >= 11 is 0. The lowest BCUT2D eigenvalue weighted by atomic mass is 10.2. The Balaban J connectivity index is 2.62. The predicted molar refractivity (Wildman–Crippen MR) is 69.7 cm³/mol. The number of rotatable bonds is 3. The summed E-state index contributed by atoms with van der Waals surface area (Å²) in [5.41, 5.74) is 0.196. The average molecular weight is 282 g/mol. The Morgan fingerprint density at radius 3 is 1.95 bits per heavy atom. The summed E-state index contributed by atoms with van der Waals surface area (Å²) in [4.78, 5) is 0. The van der Waals surface area contributed by atoms with Gasteiger partial charge in [0.25, 0.3) is 0 Å². The molecule has 0 bridgehead atoms. The van der Waals surface area contributed by atoms with Crippen molar-refractivity contribution in [1.82, 2.24) is 0 Å². The van der Waals surface area contributed by atoms with E-state index in [1.54, 1.807) is 12.1 Å². The summed E-state index contributed by atoms with van der Waals surface area (Å²) in [7, 11) is -3.23. The van der Waals surface area contributed by atoms with Gasteiger partial charge in [-0.05, 0) is 36.8 Å². The Hall–Kier alpha value is -1.95. The first-order valence-corrected chi connectivity index (χ1v) is 6.44. The number of anilines is 2. The number of benzene rings is 2. The zero-order chi connectivity index (χ0) is 14.0. The minimum atomic E-state index is -3.23. The molecule has 1 radical (unpaired) electrons. The molecule has 0 aliphatic rings. The molecule has 0 N–H and O–H groups in total. The Bertz CT molecular complexity index is 641. The molecule has 0 saturated carbocycles. The molecule has 2 rings (SSSR count). The van der Waals surface area contributed by atoms with E-state index < -0.39 is 28.2 Å². The highest BCUT2D eigenvalue weighted by atomic mass is 32.2. The van der Waals surface area contributed by atoms with Gasteiger partial charge in [-0.2, -0.15) is 0 Å². The zero-order valence-corrected chi connectivity index (χ0v) is 10.6. The van der Waals surface area contributed by atoms with Crippen molar-refractivity contribution in [3.05, 3.63) is 66.6 Å². The monoisotopic (exact) mass is 282 g/mol. The molecule has 3 nitrogen and oxygen atoms in total. The van der Waals surface area contributed by atoms with Gasteiger partial charge in [-0.1, -0.05) is 18.2 Å². The van der Waals surface area contributed by atoms with Crippen LogP contribution in [0.2, 0.25) is 0 Å². The molecule has 2 aromatic carbocycles. The number of nitrogens with zero attached hydrogens (tertiary/aromatic N) is 1. The Labute approximate surface area is 111 Å². The smallest absolute Gasteiger partial charge is 0.229 e. The van der Waals surface area contributed by atoms with Crippen LogP contribution in [0.3, 0.4) is 0 Å². The van der Waals surface area contributed by atoms with Crippen molar-refractivity contribution >= 4 is 22.3 Å². The fourth-order valence-electron chi connectivity index (χ4n) is 1.63. The maximum atomic E-state index is 13.7. The summed E-state index contributed by atoms with van der Waals surface area (Å²) < 4.78 is 50.5. The van der Waals surface area contributed by atoms with Crippen molar-refractivity contribution in [3.63, 3.8) is 0 Å². The maximum absolute atomic E-state index is 13.7. The van der Waals surface area contributed by atoms with Crippen LogP contribution in [0.15, 0.2) is 42.5 Å². The van der Waals surface area contributed by atoms with Crippen molar-refractivity contribution in [3.8, 4) is 0 Å². The topological polar surface area (TPSA) is 37.4 Å². The molecule has 2 aromatic rings. The van der Waals surface area contributed by atoms with Crippen LogP contribution in [0.4, 0.5) is 20.2 Å². The lowest BCUT2D eigenvalue weighted by molar-refractivity contribution is 0.581. The molecule has 19 heavy (non-hydrogen) atoms. The molecular weight excluding hydrogens is 272 g/mol. The second-order valence-corrected chi connectivity index (χ2v) is 4.66. The molecule has 0 atom stereocenters. The number of thiol groups is 1. The third-order valence-corrected chi connectivity index (χ3v) is 3.25. The molecular formula is C13H10F2NO2S. The molecule has 0 amide bonds. The van der Waals surface area contributed by atoms with Crippen molar-refractivity contribution in [2.24, 2.45) is 0 Å². The fraction of sp³-hybridized carbons (Fsp3) is 0. The predicted octanol–water partition coefficient (Wildman–Crippen LogP) is 2.81. The van der Waals surface area contributed by atoms with Crippen molar-refractivity contribution in [2.75, 3.05) is 4.31 Å². The van der Waals surface area contributed by atoms with Crippen molar-refractivity contribution in [1.29, 1.82) is 0 Å². The highest BCUT2D eigenvalue weighted by Gasteiger charge is 2.20. The van der Waals surface area contributed by atoms with Gasteiger partial charge in [-0.3, -0.25) is 0 Å². The van der Waals surface area contributed by atoms with Crippen molar-refractivity contribution in [2.45, 2.75) is 0 Å². The Morgan fingerprint density at radius 2 is 1.47 bits per heavy atom. The number of para-hydroxylation sites is 1. The molecule has 6 heteroatoms. The van der Waals surface area contributed by atoms with E-state index in [4.69, 9.17) is 0 Å². The van der Waals surface area contributed by atoms with E-state index in [1.165, 1.54) is 18.2 Å². The third kappa shape index (κ3) is 2.73. The second-order valence-electron chi connectivity index (χ2n) is 3.79. The van der Waals surface area contributed by atoms with Gasteiger partial charge in [0.1, 0.15) is 5.69 Å². The van der Waals surface area contributed by atoms with Crippen molar-refractivity contribution < 1.29 is 17.2 Å². The van der Waals surface area contributed by atoms with Crippen LogP contribution in [0.1, 0.15) is 5.56 Å². The molecule has 0 saturated heterocycles. The highest BCUT2D eigenvalue weighted by Crippen LogP contribution is 2.30. The van der Waals surface area contributed by atoms with Gasteiger partial charge in [0.15, 0.2) is 11.6 Å². The zero-order valence-electron chi connectivity index (χ0n) is 9.72. The van der Waals surface area contributed by atoms with Gasteiger partial charge in [-0.25, -0.2) is 21.5 Å². The lowest BCUT2D eigenvalue weighted by Gasteiger charge is -2.19. The minimum Gasteiger partial charge on any atom is -0.235 e. The van der Waals surface area contributed by atoms with Crippen LogP contribution >= 0.6 is 0 Å². The molecule has 0 aromatic heterocycles. The fourth-order valence-corrected chi connectivity index (χ4v) is 2.31. The second kappa shape index (κ2) is 5.36. The van der Waals surface area contributed by atoms with E-state index in [-0.39, 0.29) is 5.69 Å². The molecule has 0 aliphatic carbocycles. The van der Waals surface area contributed by atoms with Crippen LogP contribution in [0, 0.1) is 18.6 Å². The Morgan fingerprint density at radius 1 is 0.947 bits per heavy atom. The summed E-state index contributed by atoms with van der Waals surface area (Å²) in [6.07, 6.45) is 0. The largest absolute Gasteiger partial charge is 0.235 e. The highest BCUT2D eigenvalue weighted by molar-refractivity contribution is 7.74. The SMILES string of the molecule is [CH2]c1ccc(N(c2c(F)cccc2F)[SH](=O)=O)cc1. The van der Waals surface area contributed by atoms with Gasteiger partial charge < -0.3 is 0 Å². The first-order valence-electron chi connectivity index (χ1n) is 5.31. The van der Waals surface area contributed by atoms with E-state index in [1.807, 2.05) is 0 Å². The van der Waals surface area contributed by atoms with E-state index in [0.29, 0.717) is 9.87 Å². The van der Waals surface area contributed by atoms with Gasteiger partial charge in [-0.15, -0.1) is 0 Å². The molecule has 0 heterocycles. The molecule has 0 aliphatic heterocycles. The summed E-state index contributed by atoms with van der Waals surface area (Å²) in [6.45, 7) is 3.66. The maximum Gasteiger partial charge on any atom is 0.229 e. The quantitative estimate of drug-likeness (QED) is 0.879. The van der Waals surface area contributed by atoms with Gasteiger partial charge in [0.05, 0.1) is 5.69 Å². The minimum absolute atomic E-state index is 0.146.